The Hall–Kier alpha value is -1.29. The smallest absolute Gasteiger partial charge is 0.136 e. The molecule has 0 radical (unpaired) electrons. The van der Waals surface area contributed by atoms with Crippen LogP contribution in [0.1, 0.15) is 0 Å². The van der Waals surface area contributed by atoms with Crippen molar-refractivity contribution in [3.05, 3.63) is 24.7 Å². The van der Waals surface area contributed by atoms with Gasteiger partial charge in [0.1, 0.15) is 5.65 Å². The van der Waals surface area contributed by atoms with Gasteiger partial charge in [-0.15, -0.1) is 0 Å². The highest BCUT2D eigenvalue weighted by molar-refractivity contribution is 5.37. The quantitative estimate of drug-likeness (QED) is 0.602. The lowest BCUT2D eigenvalue weighted by molar-refractivity contribution is 0.757. The molecule has 0 fully saturated rings. The van der Waals surface area contributed by atoms with Gasteiger partial charge >= 0.3 is 0 Å². The summed E-state index contributed by atoms with van der Waals surface area (Å²) in [5.74, 6) is 0. The molecule has 4 nitrogen and oxygen atoms in total. The predicted octanol–water partition coefficient (Wildman–Crippen LogP) is 0.0520. The SMILES string of the molecule is NCn1ccn2nccc12. The van der Waals surface area contributed by atoms with Crippen molar-refractivity contribution in [3.8, 4) is 0 Å². The molecule has 0 aliphatic rings. The van der Waals surface area contributed by atoms with Crippen molar-refractivity contribution in [3.63, 3.8) is 0 Å². The molecule has 52 valence electrons. The Kier molecular flexibility index (Phi) is 1.01. The van der Waals surface area contributed by atoms with E-state index in [0.29, 0.717) is 6.67 Å². The number of hydrogen-bond donors (Lipinski definition) is 1. The Morgan fingerprint density at radius 2 is 2.40 bits per heavy atom. The molecule has 0 atom stereocenters. The highest BCUT2D eigenvalue weighted by atomic mass is 15.3. The molecule has 0 aliphatic heterocycles. The van der Waals surface area contributed by atoms with Crippen molar-refractivity contribution in [1.82, 2.24) is 14.2 Å². The van der Waals surface area contributed by atoms with Gasteiger partial charge < -0.3 is 10.3 Å². The van der Waals surface area contributed by atoms with Gasteiger partial charge in [-0.2, -0.15) is 5.10 Å². The van der Waals surface area contributed by atoms with Crippen LogP contribution in [0.25, 0.3) is 5.65 Å². The van der Waals surface area contributed by atoms with Crippen LogP contribution in [0, 0.1) is 0 Å². The van der Waals surface area contributed by atoms with Crippen LogP contribution in [-0.2, 0) is 6.67 Å². The van der Waals surface area contributed by atoms with E-state index in [1.165, 1.54) is 0 Å². The third-order valence-corrected chi connectivity index (χ3v) is 1.53. The summed E-state index contributed by atoms with van der Waals surface area (Å²) in [4.78, 5) is 0. The zero-order chi connectivity index (χ0) is 6.97. The number of fused-ring (bicyclic) bond motifs is 1. The molecule has 0 saturated carbocycles. The zero-order valence-corrected chi connectivity index (χ0v) is 5.44. The van der Waals surface area contributed by atoms with Gasteiger partial charge in [-0.05, 0) is 0 Å². The third kappa shape index (κ3) is 0.563. The topological polar surface area (TPSA) is 48.2 Å². The maximum absolute atomic E-state index is 5.44. The maximum atomic E-state index is 5.44. The second-order valence-electron chi connectivity index (χ2n) is 2.08. The van der Waals surface area contributed by atoms with Gasteiger partial charge in [0.2, 0.25) is 0 Å². The minimum Gasteiger partial charge on any atom is -0.318 e. The molecule has 0 amide bonds. The number of imidazole rings is 1. The van der Waals surface area contributed by atoms with Crippen molar-refractivity contribution in [2.45, 2.75) is 6.67 Å². The highest BCUT2D eigenvalue weighted by Crippen LogP contribution is 2.00. The fraction of sp³-hybridized carbons (Fsp3) is 0.167. The first-order chi connectivity index (χ1) is 4.92. The van der Waals surface area contributed by atoms with Crippen LogP contribution in [-0.4, -0.2) is 14.2 Å². The molecule has 2 N–H and O–H groups in total. The van der Waals surface area contributed by atoms with Gasteiger partial charge in [0, 0.05) is 18.5 Å². The Bertz CT molecular complexity index is 332. The second-order valence-corrected chi connectivity index (χ2v) is 2.08. The first kappa shape index (κ1) is 5.49. The second kappa shape index (κ2) is 1.85. The van der Waals surface area contributed by atoms with Crippen molar-refractivity contribution in [2.24, 2.45) is 5.73 Å². The summed E-state index contributed by atoms with van der Waals surface area (Å²) in [6.07, 6.45) is 5.53. The van der Waals surface area contributed by atoms with Gasteiger partial charge in [-0.3, -0.25) is 0 Å². The molecule has 2 rings (SSSR count). The van der Waals surface area contributed by atoms with E-state index >= 15 is 0 Å². The summed E-state index contributed by atoms with van der Waals surface area (Å²) in [6.45, 7) is 0.502. The van der Waals surface area contributed by atoms with E-state index in [4.69, 9.17) is 5.73 Å². The minimum atomic E-state index is 0.502. The minimum absolute atomic E-state index is 0.502. The van der Waals surface area contributed by atoms with Crippen molar-refractivity contribution >= 4 is 5.65 Å². The fourth-order valence-electron chi connectivity index (χ4n) is 1.02. The summed E-state index contributed by atoms with van der Waals surface area (Å²) in [7, 11) is 0. The Balaban J connectivity index is 2.76. The lowest BCUT2D eigenvalue weighted by atomic mass is 10.7. The molecular weight excluding hydrogens is 128 g/mol. The van der Waals surface area contributed by atoms with Crippen molar-refractivity contribution in [2.75, 3.05) is 0 Å². The van der Waals surface area contributed by atoms with Gasteiger partial charge in [-0.25, -0.2) is 4.52 Å². The number of nitrogens with zero attached hydrogens (tertiary/aromatic N) is 3. The zero-order valence-electron chi connectivity index (χ0n) is 5.44. The molecule has 4 heteroatoms. The largest absolute Gasteiger partial charge is 0.318 e. The summed E-state index contributed by atoms with van der Waals surface area (Å²) in [6, 6.07) is 1.92. The molecule has 2 aromatic rings. The van der Waals surface area contributed by atoms with E-state index in [1.54, 1.807) is 10.7 Å². The van der Waals surface area contributed by atoms with E-state index in [1.807, 2.05) is 23.0 Å². The van der Waals surface area contributed by atoms with Gasteiger partial charge in [0.25, 0.3) is 0 Å². The predicted molar refractivity (Wildman–Crippen MR) is 37.4 cm³/mol. The van der Waals surface area contributed by atoms with Crippen molar-refractivity contribution in [1.29, 1.82) is 0 Å². The van der Waals surface area contributed by atoms with Gasteiger partial charge in [-0.1, -0.05) is 0 Å². The summed E-state index contributed by atoms with van der Waals surface area (Å²) < 4.78 is 3.71. The summed E-state index contributed by atoms with van der Waals surface area (Å²) in [5.41, 5.74) is 6.47. The lowest BCUT2D eigenvalue weighted by Crippen LogP contribution is -2.04. The Morgan fingerprint density at radius 1 is 1.50 bits per heavy atom. The average Bonchev–Trinajstić information content (AvgIpc) is 2.44. The fourth-order valence-corrected chi connectivity index (χ4v) is 1.02. The first-order valence-electron chi connectivity index (χ1n) is 3.10. The molecule has 0 bridgehead atoms. The molecule has 2 aromatic heterocycles. The molecule has 0 spiro atoms. The van der Waals surface area contributed by atoms with Crippen LogP contribution in [0.2, 0.25) is 0 Å². The van der Waals surface area contributed by atoms with Crippen LogP contribution in [0.5, 0.6) is 0 Å². The van der Waals surface area contributed by atoms with Crippen LogP contribution in [0.15, 0.2) is 24.7 Å². The molecule has 10 heavy (non-hydrogen) atoms. The van der Waals surface area contributed by atoms with E-state index in [0.717, 1.165) is 5.65 Å². The van der Waals surface area contributed by atoms with Crippen LogP contribution < -0.4 is 5.73 Å². The number of hydrogen-bond acceptors (Lipinski definition) is 2. The van der Waals surface area contributed by atoms with Gasteiger partial charge in [0.15, 0.2) is 0 Å². The normalized spacial score (nSPS) is 10.9. The average molecular weight is 136 g/mol. The molecule has 0 aliphatic carbocycles. The van der Waals surface area contributed by atoms with Crippen molar-refractivity contribution < 1.29 is 0 Å². The highest BCUT2D eigenvalue weighted by Gasteiger charge is 1.96. The van der Waals surface area contributed by atoms with Gasteiger partial charge in [0.05, 0.1) is 12.9 Å². The summed E-state index contributed by atoms with van der Waals surface area (Å²) in [5, 5.41) is 4.03. The van der Waals surface area contributed by atoms with E-state index in [9.17, 15) is 0 Å². The monoisotopic (exact) mass is 136 g/mol. The first-order valence-corrected chi connectivity index (χ1v) is 3.10. The maximum Gasteiger partial charge on any atom is 0.136 e. The molecule has 0 unspecified atom stereocenters. The molecular formula is C6H8N4. The summed E-state index contributed by atoms with van der Waals surface area (Å²) >= 11 is 0. The standard InChI is InChI=1S/C6H8N4/c7-5-9-3-4-10-6(9)1-2-8-10/h1-4H,5,7H2. The van der Waals surface area contributed by atoms with E-state index in [-0.39, 0.29) is 0 Å². The van der Waals surface area contributed by atoms with Crippen LogP contribution in [0.4, 0.5) is 0 Å². The van der Waals surface area contributed by atoms with Crippen LogP contribution in [0.3, 0.4) is 0 Å². The number of rotatable bonds is 1. The number of aromatic nitrogens is 3. The Morgan fingerprint density at radius 3 is 3.20 bits per heavy atom. The molecule has 0 saturated heterocycles. The van der Waals surface area contributed by atoms with E-state index < -0.39 is 0 Å². The van der Waals surface area contributed by atoms with E-state index in [2.05, 4.69) is 5.10 Å². The van der Waals surface area contributed by atoms with Crippen LogP contribution >= 0.6 is 0 Å². The molecule has 0 aromatic carbocycles. The third-order valence-electron chi connectivity index (χ3n) is 1.53. The molecule has 2 heterocycles. The lowest BCUT2D eigenvalue weighted by Gasteiger charge is -1.93. The Labute approximate surface area is 57.9 Å². The number of nitrogens with two attached hydrogens (primary N) is 1.